The zero-order valence-corrected chi connectivity index (χ0v) is 18.7. The molecular formula is C22H26ClF2N3O2S. The van der Waals surface area contributed by atoms with Crippen LogP contribution in [-0.4, -0.2) is 43.5 Å². The van der Waals surface area contributed by atoms with Crippen LogP contribution in [0.15, 0.2) is 35.2 Å². The number of pyridine rings is 1. The molecule has 2 heterocycles. The second kappa shape index (κ2) is 9.38. The van der Waals surface area contributed by atoms with Crippen LogP contribution >= 0.6 is 11.6 Å². The van der Waals surface area contributed by atoms with Gasteiger partial charge in [0.1, 0.15) is 10.7 Å². The molecule has 2 aromatic rings. The van der Waals surface area contributed by atoms with Gasteiger partial charge in [-0.3, -0.25) is 4.90 Å². The summed E-state index contributed by atoms with van der Waals surface area (Å²) in [4.78, 5) is 5.54. The fourth-order valence-corrected chi connectivity index (χ4v) is 6.31. The number of rotatable bonds is 6. The van der Waals surface area contributed by atoms with Crippen LogP contribution in [0.1, 0.15) is 44.2 Å². The summed E-state index contributed by atoms with van der Waals surface area (Å²) in [5.74, 6) is -2.27. The molecule has 1 aromatic heterocycles. The van der Waals surface area contributed by atoms with E-state index in [-0.39, 0.29) is 16.8 Å². The first kappa shape index (κ1) is 22.4. The zero-order chi connectivity index (χ0) is 22.0. The van der Waals surface area contributed by atoms with Gasteiger partial charge in [0, 0.05) is 12.1 Å². The number of hydrogen-bond acceptors (Lipinski definition) is 5. The normalized spacial score (nSPS) is 22.5. The van der Waals surface area contributed by atoms with Gasteiger partial charge >= 0.3 is 0 Å². The van der Waals surface area contributed by atoms with E-state index in [4.69, 9.17) is 11.6 Å². The highest BCUT2D eigenvalue weighted by molar-refractivity contribution is 7.90. The Hall–Kier alpha value is -1.77. The number of aromatic nitrogens is 1. The molecule has 2 fully saturated rings. The lowest BCUT2D eigenvalue weighted by molar-refractivity contribution is 0.177. The summed E-state index contributed by atoms with van der Waals surface area (Å²) in [6.45, 7) is 2.16. The number of anilines is 1. The Labute approximate surface area is 186 Å². The quantitative estimate of drug-likeness (QED) is 0.615. The van der Waals surface area contributed by atoms with Crippen molar-refractivity contribution >= 4 is 27.1 Å². The third kappa shape index (κ3) is 5.18. The van der Waals surface area contributed by atoms with Gasteiger partial charge in [-0.2, -0.15) is 4.39 Å². The molecule has 1 aliphatic heterocycles. The van der Waals surface area contributed by atoms with Crippen LogP contribution in [0.3, 0.4) is 0 Å². The van der Waals surface area contributed by atoms with Crippen LogP contribution in [-0.2, 0) is 15.6 Å². The first-order valence-electron chi connectivity index (χ1n) is 10.7. The van der Waals surface area contributed by atoms with E-state index in [1.165, 1.54) is 31.4 Å². The molecule has 168 valence electrons. The van der Waals surface area contributed by atoms with Crippen LogP contribution in [0.25, 0.3) is 0 Å². The predicted octanol–water partition coefficient (Wildman–Crippen LogP) is 4.81. The molecule has 1 N–H and O–H groups in total. The molecule has 0 amide bonds. The molecule has 0 radical (unpaired) electrons. The van der Waals surface area contributed by atoms with Gasteiger partial charge in [-0.1, -0.05) is 30.5 Å². The first-order chi connectivity index (χ1) is 14.8. The smallest absolute Gasteiger partial charge is 0.213 e. The number of benzene rings is 1. The van der Waals surface area contributed by atoms with Crippen LogP contribution in [0.2, 0.25) is 5.02 Å². The maximum atomic E-state index is 14.9. The van der Waals surface area contributed by atoms with Gasteiger partial charge in [0.2, 0.25) is 5.95 Å². The topological polar surface area (TPSA) is 62.3 Å². The zero-order valence-electron chi connectivity index (χ0n) is 17.2. The minimum absolute atomic E-state index is 0.00776. The van der Waals surface area contributed by atoms with Gasteiger partial charge in [-0.25, -0.2) is 17.8 Å². The van der Waals surface area contributed by atoms with Crippen molar-refractivity contribution in [1.82, 2.24) is 9.88 Å². The Morgan fingerprint density at radius 1 is 1.10 bits per heavy atom. The lowest BCUT2D eigenvalue weighted by Crippen LogP contribution is -2.47. The largest absolute Gasteiger partial charge is 0.379 e. The van der Waals surface area contributed by atoms with E-state index in [0.29, 0.717) is 11.7 Å². The predicted molar refractivity (Wildman–Crippen MR) is 117 cm³/mol. The fraction of sp³-hybridized carbons (Fsp3) is 0.500. The fourth-order valence-electron chi connectivity index (χ4n) is 4.67. The van der Waals surface area contributed by atoms with Crippen molar-refractivity contribution in [3.63, 3.8) is 0 Å². The van der Waals surface area contributed by atoms with E-state index in [2.05, 4.69) is 15.2 Å². The average Bonchev–Trinajstić information content (AvgIpc) is 3.25. The van der Waals surface area contributed by atoms with Gasteiger partial charge in [0.25, 0.3) is 0 Å². The molecule has 4 rings (SSSR count). The Morgan fingerprint density at radius 2 is 1.84 bits per heavy atom. The van der Waals surface area contributed by atoms with Crippen molar-refractivity contribution in [2.75, 3.05) is 18.4 Å². The van der Waals surface area contributed by atoms with E-state index >= 15 is 0 Å². The molecule has 1 saturated heterocycles. The first-order valence-corrected chi connectivity index (χ1v) is 12.7. The molecule has 5 nitrogen and oxygen atoms in total. The maximum absolute atomic E-state index is 14.9. The van der Waals surface area contributed by atoms with Gasteiger partial charge < -0.3 is 5.32 Å². The van der Waals surface area contributed by atoms with Crippen molar-refractivity contribution in [3.8, 4) is 0 Å². The molecule has 0 unspecified atom stereocenters. The summed E-state index contributed by atoms with van der Waals surface area (Å²) in [5.41, 5.74) is 0.409. The number of likely N-dealkylation sites (tertiary alicyclic amines) is 1. The summed E-state index contributed by atoms with van der Waals surface area (Å²) in [6.07, 6.45) is 6.72. The number of hydrogen-bond donors (Lipinski definition) is 1. The molecule has 2 aliphatic rings. The lowest BCUT2D eigenvalue weighted by atomic mass is 9.89. The Bertz CT molecular complexity index is 1050. The van der Waals surface area contributed by atoms with Gasteiger partial charge in [0.15, 0.2) is 9.84 Å². The monoisotopic (exact) mass is 469 g/mol. The molecule has 0 spiro atoms. The Kier molecular flexibility index (Phi) is 6.79. The highest BCUT2D eigenvalue weighted by atomic mass is 35.5. The van der Waals surface area contributed by atoms with Crippen LogP contribution in [0.5, 0.6) is 0 Å². The SMILES string of the molecule is O=S(=O)(Cc1cccc(F)n1)c1cc(Cl)c(N[C@@H]2CCCC[C@H]2N2CCCC2)cc1F. The Balaban J connectivity index is 1.55. The summed E-state index contributed by atoms with van der Waals surface area (Å²) in [5, 5.41) is 3.53. The van der Waals surface area contributed by atoms with E-state index < -0.39 is 32.3 Å². The van der Waals surface area contributed by atoms with Crippen molar-refractivity contribution in [3.05, 3.63) is 52.8 Å². The second-order valence-corrected chi connectivity index (χ2v) is 10.7. The molecule has 1 saturated carbocycles. The molecule has 1 aliphatic carbocycles. The van der Waals surface area contributed by atoms with Gasteiger partial charge in [-0.05, 0) is 63.0 Å². The molecule has 0 bridgehead atoms. The van der Waals surface area contributed by atoms with Crippen molar-refractivity contribution < 1.29 is 17.2 Å². The number of sulfone groups is 1. The van der Waals surface area contributed by atoms with E-state index in [0.717, 1.165) is 50.6 Å². The van der Waals surface area contributed by atoms with E-state index in [1.807, 2.05) is 0 Å². The molecule has 31 heavy (non-hydrogen) atoms. The molecular weight excluding hydrogens is 444 g/mol. The number of nitrogens with one attached hydrogen (secondary N) is 1. The average molecular weight is 470 g/mol. The Morgan fingerprint density at radius 3 is 2.58 bits per heavy atom. The highest BCUT2D eigenvalue weighted by Gasteiger charge is 2.32. The summed E-state index contributed by atoms with van der Waals surface area (Å²) >= 11 is 6.38. The molecule has 9 heteroatoms. The summed E-state index contributed by atoms with van der Waals surface area (Å²) in [6, 6.07) is 6.68. The van der Waals surface area contributed by atoms with Crippen molar-refractivity contribution in [1.29, 1.82) is 0 Å². The second-order valence-electron chi connectivity index (χ2n) is 8.32. The van der Waals surface area contributed by atoms with Gasteiger partial charge in [0.05, 0.1) is 22.2 Å². The van der Waals surface area contributed by atoms with Crippen LogP contribution in [0, 0.1) is 11.8 Å². The van der Waals surface area contributed by atoms with Crippen LogP contribution < -0.4 is 5.32 Å². The highest BCUT2D eigenvalue weighted by Crippen LogP contribution is 2.33. The van der Waals surface area contributed by atoms with Crippen molar-refractivity contribution in [2.24, 2.45) is 0 Å². The lowest BCUT2D eigenvalue weighted by Gasteiger charge is -2.39. The minimum atomic E-state index is -4.08. The van der Waals surface area contributed by atoms with E-state index in [9.17, 15) is 17.2 Å². The summed E-state index contributed by atoms with van der Waals surface area (Å²) < 4.78 is 53.6. The van der Waals surface area contributed by atoms with Crippen LogP contribution in [0.4, 0.5) is 14.5 Å². The minimum Gasteiger partial charge on any atom is -0.379 e. The van der Waals surface area contributed by atoms with Gasteiger partial charge in [-0.15, -0.1) is 0 Å². The maximum Gasteiger partial charge on any atom is 0.213 e. The number of nitrogens with zero attached hydrogens (tertiary/aromatic N) is 2. The van der Waals surface area contributed by atoms with Crippen molar-refractivity contribution in [2.45, 2.75) is 61.3 Å². The third-order valence-corrected chi connectivity index (χ3v) is 8.12. The van der Waals surface area contributed by atoms with E-state index in [1.54, 1.807) is 0 Å². The third-order valence-electron chi connectivity index (χ3n) is 6.15. The molecule has 2 atom stereocenters. The molecule has 1 aromatic carbocycles. The number of halogens is 3. The summed E-state index contributed by atoms with van der Waals surface area (Å²) in [7, 11) is -4.08. The standard InChI is InChI=1S/C22H26ClF2N3O2S/c23-16-12-21(31(29,30)14-15-6-5-9-22(25)26-15)17(24)13-19(16)27-18-7-1-2-8-20(18)28-10-3-4-11-28/h5-6,9,12-13,18,20,27H,1-4,7-8,10-11,14H2/t18-,20-/m1/s1.